The zero-order chi connectivity index (χ0) is 8.70. The molecule has 0 aromatic carbocycles. The molecular weight excluding hydrogens is 140 g/mol. The molecular formula is C9H16O2. The van der Waals surface area contributed by atoms with Crippen LogP contribution >= 0.6 is 0 Å². The average Bonchev–Trinajstić information content (AvgIpc) is 2.12. The predicted molar refractivity (Wildman–Crippen MR) is 43.3 cm³/mol. The number of Topliss-reactive ketones (excluding diaryl/α,β-unsaturated/α-hetero) is 1. The van der Waals surface area contributed by atoms with E-state index in [-0.39, 0.29) is 11.2 Å². The van der Waals surface area contributed by atoms with Crippen molar-refractivity contribution in [2.24, 2.45) is 5.41 Å². The highest BCUT2D eigenvalue weighted by Gasteiger charge is 2.48. The zero-order valence-electron chi connectivity index (χ0n) is 7.48. The van der Waals surface area contributed by atoms with Crippen molar-refractivity contribution in [2.75, 3.05) is 0 Å². The van der Waals surface area contributed by atoms with Gasteiger partial charge in [0.05, 0.1) is 0 Å². The van der Waals surface area contributed by atoms with E-state index in [2.05, 4.69) is 0 Å². The van der Waals surface area contributed by atoms with Crippen LogP contribution in [0.5, 0.6) is 0 Å². The molecule has 0 aromatic heterocycles. The Balaban J connectivity index is 2.90. The lowest BCUT2D eigenvalue weighted by Gasteiger charge is -2.35. The van der Waals surface area contributed by atoms with E-state index in [1.165, 1.54) is 0 Å². The molecule has 0 aromatic rings. The normalized spacial score (nSPS) is 32.9. The first-order valence-corrected chi connectivity index (χ1v) is 4.13. The third kappa shape index (κ3) is 1.20. The first-order valence-electron chi connectivity index (χ1n) is 4.13. The summed E-state index contributed by atoms with van der Waals surface area (Å²) >= 11 is 0. The van der Waals surface area contributed by atoms with Gasteiger partial charge in [-0.05, 0) is 18.3 Å². The Kier molecular flexibility index (Phi) is 1.83. The fourth-order valence-corrected chi connectivity index (χ4v) is 1.64. The van der Waals surface area contributed by atoms with Gasteiger partial charge in [-0.25, -0.2) is 0 Å². The van der Waals surface area contributed by atoms with E-state index >= 15 is 0 Å². The molecule has 0 saturated heterocycles. The molecule has 0 aliphatic heterocycles. The van der Waals surface area contributed by atoms with E-state index in [1.807, 2.05) is 20.8 Å². The minimum absolute atomic E-state index is 0.0185. The monoisotopic (exact) mass is 156 g/mol. The van der Waals surface area contributed by atoms with Gasteiger partial charge in [0.2, 0.25) is 0 Å². The van der Waals surface area contributed by atoms with Crippen LogP contribution in [0, 0.1) is 5.41 Å². The van der Waals surface area contributed by atoms with Gasteiger partial charge in [0.15, 0.2) is 5.78 Å². The Morgan fingerprint density at radius 2 is 2.00 bits per heavy atom. The summed E-state index contributed by atoms with van der Waals surface area (Å²) in [6, 6.07) is 0. The summed E-state index contributed by atoms with van der Waals surface area (Å²) < 4.78 is 0. The second-order valence-corrected chi connectivity index (χ2v) is 4.39. The van der Waals surface area contributed by atoms with E-state index in [4.69, 9.17) is 0 Å². The van der Waals surface area contributed by atoms with Crippen LogP contribution in [0.1, 0.15) is 40.0 Å². The highest BCUT2D eigenvalue weighted by molar-refractivity contribution is 5.89. The Morgan fingerprint density at radius 3 is 2.18 bits per heavy atom. The number of carbonyl (C=O) groups excluding carboxylic acids is 1. The lowest BCUT2D eigenvalue weighted by molar-refractivity contribution is -0.144. The molecule has 0 bridgehead atoms. The third-order valence-corrected chi connectivity index (χ3v) is 2.64. The smallest absolute Gasteiger partial charge is 0.164 e. The van der Waals surface area contributed by atoms with E-state index in [1.54, 1.807) is 0 Å². The Labute approximate surface area is 67.6 Å². The molecule has 1 aliphatic rings. The van der Waals surface area contributed by atoms with Crippen LogP contribution in [0.3, 0.4) is 0 Å². The zero-order valence-corrected chi connectivity index (χ0v) is 7.48. The molecule has 0 amide bonds. The lowest BCUT2D eigenvalue weighted by atomic mass is 9.75. The van der Waals surface area contributed by atoms with Crippen molar-refractivity contribution in [1.29, 1.82) is 0 Å². The van der Waals surface area contributed by atoms with Crippen LogP contribution in [-0.4, -0.2) is 16.5 Å². The standard InChI is InChI=1S/C9H16O2/c1-8(2,3)9(11)6-4-5-7(9)10/h11H,4-6H2,1-3H3. The van der Waals surface area contributed by atoms with Gasteiger partial charge in [-0.2, -0.15) is 0 Å². The number of aliphatic hydroxyl groups is 1. The second-order valence-electron chi connectivity index (χ2n) is 4.39. The van der Waals surface area contributed by atoms with Crippen molar-refractivity contribution in [3.8, 4) is 0 Å². The number of carbonyl (C=O) groups is 1. The summed E-state index contributed by atoms with van der Waals surface area (Å²) in [5, 5.41) is 9.95. The van der Waals surface area contributed by atoms with E-state index in [9.17, 15) is 9.90 Å². The Hall–Kier alpha value is -0.370. The largest absolute Gasteiger partial charge is 0.382 e. The van der Waals surface area contributed by atoms with Gasteiger partial charge in [0.1, 0.15) is 5.60 Å². The maximum Gasteiger partial charge on any atom is 0.164 e. The molecule has 1 rings (SSSR count). The van der Waals surface area contributed by atoms with Crippen molar-refractivity contribution in [1.82, 2.24) is 0 Å². The Bertz CT molecular complexity index is 178. The Morgan fingerprint density at radius 1 is 1.45 bits per heavy atom. The van der Waals surface area contributed by atoms with Gasteiger partial charge in [-0.1, -0.05) is 20.8 Å². The van der Waals surface area contributed by atoms with Gasteiger partial charge < -0.3 is 5.11 Å². The van der Waals surface area contributed by atoms with Crippen LogP contribution in [0.15, 0.2) is 0 Å². The summed E-state index contributed by atoms with van der Waals surface area (Å²) in [6.45, 7) is 5.74. The molecule has 0 spiro atoms. The maximum absolute atomic E-state index is 11.3. The summed E-state index contributed by atoms with van der Waals surface area (Å²) in [5.41, 5.74) is -1.35. The lowest BCUT2D eigenvalue weighted by Crippen LogP contribution is -2.46. The van der Waals surface area contributed by atoms with E-state index < -0.39 is 5.60 Å². The molecule has 64 valence electrons. The van der Waals surface area contributed by atoms with Crippen molar-refractivity contribution in [3.63, 3.8) is 0 Å². The molecule has 1 aliphatic carbocycles. The van der Waals surface area contributed by atoms with Crippen molar-refractivity contribution in [3.05, 3.63) is 0 Å². The molecule has 2 heteroatoms. The van der Waals surface area contributed by atoms with Crippen LogP contribution in [0.25, 0.3) is 0 Å². The quantitative estimate of drug-likeness (QED) is 0.577. The summed E-state index contributed by atoms with van der Waals surface area (Å²) in [7, 11) is 0. The molecule has 1 unspecified atom stereocenters. The predicted octanol–water partition coefficient (Wildman–Crippen LogP) is 1.52. The molecule has 1 saturated carbocycles. The first kappa shape index (κ1) is 8.72. The van der Waals surface area contributed by atoms with E-state index in [0.717, 1.165) is 6.42 Å². The van der Waals surface area contributed by atoms with Crippen LogP contribution in [0.4, 0.5) is 0 Å². The summed E-state index contributed by atoms with van der Waals surface area (Å²) in [5.74, 6) is 0.0185. The van der Waals surface area contributed by atoms with Crippen LogP contribution < -0.4 is 0 Å². The highest BCUT2D eigenvalue weighted by Crippen LogP contribution is 2.40. The number of rotatable bonds is 0. The highest BCUT2D eigenvalue weighted by atomic mass is 16.3. The average molecular weight is 156 g/mol. The molecule has 0 heterocycles. The number of ketones is 1. The summed E-state index contributed by atoms with van der Waals surface area (Å²) in [4.78, 5) is 11.3. The summed E-state index contributed by atoms with van der Waals surface area (Å²) in [6.07, 6.45) is 2.02. The minimum atomic E-state index is -1.05. The van der Waals surface area contributed by atoms with E-state index in [0.29, 0.717) is 12.8 Å². The SMILES string of the molecule is CC(C)(C)C1(O)CCCC1=O. The molecule has 11 heavy (non-hydrogen) atoms. The van der Waals surface area contributed by atoms with Gasteiger partial charge >= 0.3 is 0 Å². The van der Waals surface area contributed by atoms with Crippen molar-refractivity contribution in [2.45, 2.75) is 45.6 Å². The topological polar surface area (TPSA) is 37.3 Å². The molecule has 0 radical (unpaired) electrons. The van der Waals surface area contributed by atoms with Crippen LogP contribution in [-0.2, 0) is 4.79 Å². The van der Waals surface area contributed by atoms with Gasteiger partial charge in [0, 0.05) is 6.42 Å². The molecule has 2 nitrogen and oxygen atoms in total. The maximum atomic E-state index is 11.3. The number of hydrogen-bond acceptors (Lipinski definition) is 2. The molecule has 1 fully saturated rings. The van der Waals surface area contributed by atoms with Gasteiger partial charge in [-0.3, -0.25) is 4.79 Å². The first-order chi connectivity index (χ1) is 4.88. The minimum Gasteiger partial charge on any atom is -0.382 e. The van der Waals surface area contributed by atoms with Crippen LogP contribution in [0.2, 0.25) is 0 Å². The fourth-order valence-electron chi connectivity index (χ4n) is 1.64. The molecule has 1 N–H and O–H groups in total. The molecule has 1 atom stereocenters. The number of hydrogen-bond donors (Lipinski definition) is 1. The second kappa shape index (κ2) is 2.31. The van der Waals surface area contributed by atoms with Gasteiger partial charge in [0.25, 0.3) is 0 Å². The fraction of sp³-hybridized carbons (Fsp3) is 0.889. The van der Waals surface area contributed by atoms with Gasteiger partial charge in [-0.15, -0.1) is 0 Å². The third-order valence-electron chi connectivity index (χ3n) is 2.64. The van der Waals surface area contributed by atoms with Crippen molar-refractivity contribution >= 4 is 5.78 Å². The van der Waals surface area contributed by atoms with Crippen molar-refractivity contribution < 1.29 is 9.90 Å².